The molecule has 1 amide bonds. The van der Waals surface area contributed by atoms with Gasteiger partial charge in [-0.15, -0.1) is 0 Å². The van der Waals surface area contributed by atoms with Crippen LogP contribution in [0.3, 0.4) is 0 Å². The van der Waals surface area contributed by atoms with Crippen LogP contribution in [0.1, 0.15) is 18.0 Å². The Hall–Kier alpha value is -2.76. The number of rotatable bonds is 4. The Bertz CT molecular complexity index is 718. The molecular formula is C17H17FN2O3. The second kappa shape index (κ2) is 6.16. The summed E-state index contributed by atoms with van der Waals surface area (Å²) in [6, 6.07) is 11.3. The topological polar surface area (TPSA) is 50.8 Å². The number of nitrogens with zero attached hydrogens (tertiary/aromatic N) is 1. The predicted molar refractivity (Wildman–Crippen MR) is 83.9 cm³/mol. The average molecular weight is 316 g/mol. The Morgan fingerprint density at radius 3 is 2.43 bits per heavy atom. The minimum atomic E-state index is -0.318. The third-order valence-electron chi connectivity index (χ3n) is 3.83. The van der Waals surface area contributed by atoms with Crippen LogP contribution in [0.2, 0.25) is 0 Å². The first-order valence-corrected chi connectivity index (χ1v) is 7.18. The van der Waals surface area contributed by atoms with Gasteiger partial charge in [-0.05, 0) is 42.0 Å². The monoisotopic (exact) mass is 316 g/mol. The number of carbonyl (C=O) groups is 1. The fourth-order valence-electron chi connectivity index (χ4n) is 2.70. The van der Waals surface area contributed by atoms with Crippen LogP contribution in [0.15, 0.2) is 42.5 Å². The highest BCUT2D eigenvalue weighted by Crippen LogP contribution is 2.36. The van der Waals surface area contributed by atoms with Gasteiger partial charge in [0.15, 0.2) is 11.5 Å². The van der Waals surface area contributed by atoms with Crippen molar-refractivity contribution in [3.05, 3.63) is 53.8 Å². The first-order valence-electron chi connectivity index (χ1n) is 7.18. The van der Waals surface area contributed by atoms with Crippen molar-refractivity contribution in [3.63, 3.8) is 0 Å². The number of amides is 1. The molecule has 1 fully saturated rings. The van der Waals surface area contributed by atoms with E-state index >= 15 is 0 Å². The number of methoxy groups -OCH3 is 2. The lowest BCUT2D eigenvalue weighted by Gasteiger charge is -2.26. The normalized spacial score (nSPS) is 17.1. The number of anilines is 1. The minimum Gasteiger partial charge on any atom is -0.493 e. The molecule has 5 nitrogen and oxygen atoms in total. The number of hydrogen-bond donors (Lipinski definition) is 1. The molecule has 1 N–H and O–H groups in total. The smallest absolute Gasteiger partial charge is 0.241 e. The fraction of sp³-hybridized carbons (Fsp3) is 0.235. The number of ether oxygens (including phenoxy) is 2. The van der Waals surface area contributed by atoms with E-state index in [9.17, 15) is 9.18 Å². The van der Waals surface area contributed by atoms with Gasteiger partial charge in [0.05, 0.1) is 32.4 Å². The number of hydrogen-bond acceptors (Lipinski definition) is 4. The largest absolute Gasteiger partial charge is 0.493 e. The van der Waals surface area contributed by atoms with E-state index in [2.05, 4.69) is 5.43 Å². The van der Waals surface area contributed by atoms with Gasteiger partial charge < -0.3 is 9.47 Å². The molecule has 1 aliphatic rings. The zero-order chi connectivity index (χ0) is 16.4. The minimum absolute atomic E-state index is 0.0888. The van der Waals surface area contributed by atoms with Crippen molar-refractivity contribution in [2.45, 2.75) is 12.5 Å². The summed E-state index contributed by atoms with van der Waals surface area (Å²) in [6.45, 7) is 0. The number of hydrazine groups is 1. The van der Waals surface area contributed by atoms with Crippen molar-refractivity contribution in [3.8, 4) is 11.5 Å². The molecule has 0 saturated carbocycles. The lowest BCUT2D eigenvalue weighted by Crippen LogP contribution is -2.34. The highest BCUT2D eigenvalue weighted by atomic mass is 19.1. The van der Waals surface area contributed by atoms with E-state index in [1.54, 1.807) is 37.4 Å². The van der Waals surface area contributed by atoms with Crippen LogP contribution in [-0.4, -0.2) is 20.1 Å². The van der Waals surface area contributed by atoms with Crippen molar-refractivity contribution in [2.24, 2.45) is 0 Å². The Kier molecular flexibility index (Phi) is 4.06. The predicted octanol–water partition coefficient (Wildman–Crippen LogP) is 2.83. The molecule has 2 aromatic rings. The summed E-state index contributed by atoms with van der Waals surface area (Å²) < 4.78 is 23.7. The number of benzene rings is 2. The molecule has 2 aromatic carbocycles. The van der Waals surface area contributed by atoms with Gasteiger partial charge in [0.2, 0.25) is 5.91 Å². The molecule has 1 unspecified atom stereocenters. The molecule has 3 rings (SSSR count). The Morgan fingerprint density at radius 1 is 1.09 bits per heavy atom. The van der Waals surface area contributed by atoms with Crippen molar-refractivity contribution in [1.29, 1.82) is 0 Å². The van der Waals surface area contributed by atoms with Gasteiger partial charge in [0.25, 0.3) is 0 Å². The summed E-state index contributed by atoms with van der Waals surface area (Å²) in [5.74, 6) is 0.821. The molecule has 0 radical (unpaired) electrons. The summed E-state index contributed by atoms with van der Waals surface area (Å²) in [5, 5.41) is 1.74. The van der Waals surface area contributed by atoms with Crippen molar-refractivity contribution >= 4 is 11.6 Å². The van der Waals surface area contributed by atoms with Gasteiger partial charge in [0, 0.05) is 0 Å². The van der Waals surface area contributed by atoms with Crippen LogP contribution in [0.4, 0.5) is 10.1 Å². The van der Waals surface area contributed by atoms with Crippen LogP contribution < -0.4 is 19.9 Å². The van der Waals surface area contributed by atoms with Gasteiger partial charge in [-0.3, -0.25) is 15.2 Å². The van der Waals surface area contributed by atoms with Crippen molar-refractivity contribution in [2.75, 3.05) is 19.2 Å². The van der Waals surface area contributed by atoms with E-state index in [-0.39, 0.29) is 17.8 Å². The molecule has 0 bridgehead atoms. The first kappa shape index (κ1) is 15.1. The summed E-state index contributed by atoms with van der Waals surface area (Å²) in [5.41, 5.74) is 4.43. The Labute approximate surface area is 133 Å². The van der Waals surface area contributed by atoms with Crippen molar-refractivity contribution in [1.82, 2.24) is 5.43 Å². The van der Waals surface area contributed by atoms with Crippen LogP contribution in [0.25, 0.3) is 0 Å². The molecular weight excluding hydrogens is 299 g/mol. The first-order chi connectivity index (χ1) is 11.1. The highest BCUT2D eigenvalue weighted by molar-refractivity contribution is 5.83. The number of carbonyl (C=O) groups excluding carboxylic acids is 1. The van der Waals surface area contributed by atoms with Gasteiger partial charge in [-0.25, -0.2) is 4.39 Å². The maximum Gasteiger partial charge on any atom is 0.241 e. The molecule has 1 saturated heterocycles. The number of nitrogens with one attached hydrogen (secondary N) is 1. The van der Waals surface area contributed by atoms with E-state index in [4.69, 9.17) is 9.47 Å². The quantitative estimate of drug-likeness (QED) is 0.942. The van der Waals surface area contributed by atoms with Crippen LogP contribution in [-0.2, 0) is 4.79 Å². The van der Waals surface area contributed by atoms with Crippen molar-refractivity contribution < 1.29 is 18.7 Å². The SMILES string of the molecule is COc1ccc(C2CC(=O)NN2c2ccc(F)cc2)cc1OC. The fourth-order valence-corrected chi connectivity index (χ4v) is 2.70. The average Bonchev–Trinajstić information content (AvgIpc) is 2.96. The van der Waals surface area contributed by atoms with Crippen LogP contribution in [0, 0.1) is 5.82 Å². The molecule has 120 valence electrons. The van der Waals surface area contributed by atoms with E-state index in [1.807, 2.05) is 12.1 Å². The van der Waals surface area contributed by atoms with Crippen LogP contribution in [0.5, 0.6) is 11.5 Å². The summed E-state index contributed by atoms with van der Waals surface area (Å²) in [7, 11) is 3.14. The van der Waals surface area contributed by atoms with Gasteiger partial charge >= 0.3 is 0 Å². The molecule has 1 heterocycles. The standard InChI is InChI=1S/C17H17FN2O3/c1-22-15-8-3-11(9-16(15)23-2)14-10-17(21)19-20(14)13-6-4-12(18)5-7-13/h3-9,14H,10H2,1-2H3,(H,19,21). The molecule has 0 aromatic heterocycles. The molecule has 0 aliphatic carbocycles. The maximum atomic E-state index is 13.1. The third kappa shape index (κ3) is 2.92. The van der Waals surface area contributed by atoms with E-state index in [0.717, 1.165) is 11.3 Å². The molecule has 23 heavy (non-hydrogen) atoms. The Balaban J connectivity index is 1.96. The molecule has 6 heteroatoms. The van der Waals surface area contributed by atoms with Gasteiger partial charge in [-0.1, -0.05) is 6.07 Å². The van der Waals surface area contributed by atoms with E-state index in [1.165, 1.54) is 12.1 Å². The van der Waals surface area contributed by atoms with Gasteiger partial charge in [-0.2, -0.15) is 0 Å². The lowest BCUT2D eigenvalue weighted by atomic mass is 10.0. The number of halogens is 1. The molecule has 1 aliphatic heterocycles. The third-order valence-corrected chi connectivity index (χ3v) is 3.83. The maximum absolute atomic E-state index is 13.1. The van der Waals surface area contributed by atoms with E-state index in [0.29, 0.717) is 17.9 Å². The summed E-state index contributed by atoms with van der Waals surface area (Å²) in [4.78, 5) is 11.9. The zero-order valence-corrected chi connectivity index (χ0v) is 12.9. The second-order valence-corrected chi connectivity index (χ2v) is 5.22. The lowest BCUT2D eigenvalue weighted by molar-refractivity contribution is -0.119. The Morgan fingerprint density at radius 2 is 1.78 bits per heavy atom. The summed E-state index contributed by atoms with van der Waals surface area (Å²) >= 11 is 0. The summed E-state index contributed by atoms with van der Waals surface area (Å²) in [6.07, 6.45) is 0.312. The molecule has 1 atom stereocenters. The van der Waals surface area contributed by atoms with E-state index < -0.39 is 0 Å². The second-order valence-electron chi connectivity index (χ2n) is 5.22. The zero-order valence-electron chi connectivity index (χ0n) is 12.9. The van der Waals surface area contributed by atoms with Crippen LogP contribution >= 0.6 is 0 Å². The molecule has 0 spiro atoms. The van der Waals surface area contributed by atoms with Gasteiger partial charge in [0.1, 0.15) is 5.82 Å². The highest BCUT2D eigenvalue weighted by Gasteiger charge is 2.32.